The van der Waals surface area contributed by atoms with Crippen molar-refractivity contribution in [3.05, 3.63) is 64.7 Å². The number of hydrogen-bond donors (Lipinski definition) is 0. The molecule has 2 aromatic carbocycles. The highest BCUT2D eigenvalue weighted by Gasteiger charge is 2.34. The first-order valence-corrected chi connectivity index (χ1v) is 11.0. The summed E-state index contributed by atoms with van der Waals surface area (Å²) in [5.74, 6) is 0.868. The molecule has 31 heavy (non-hydrogen) atoms. The van der Waals surface area contributed by atoms with Gasteiger partial charge in [0.05, 0.1) is 38.1 Å². The molecule has 6 nitrogen and oxygen atoms in total. The largest absolute Gasteiger partial charge is 0.494 e. The van der Waals surface area contributed by atoms with Gasteiger partial charge >= 0.3 is 0 Å². The highest BCUT2D eigenvalue weighted by atomic mass is 16.5. The van der Waals surface area contributed by atoms with Crippen molar-refractivity contribution >= 4 is 11.6 Å². The van der Waals surface area contributed by atoms with Gasteiger partial charge in [-0.25, -0.2) is 5.01 Å². The number of ether oxygens (including phenoxy) is 2. The summed E-state index contributed by atoms with van der Waals surface area (Å²) in [5, 5.41) is 6.55. The van der Waals surface area contributed by atoms with Gasteiger partial charge in [-0.3, -0.25) is 9.69 Å². The van der Waals surface area contributed by atoms with Crippen LogP contribution in [0.4, 0.5) is 0 Å². The Balaban J connectivity index is 1.62. The highest BCUT2D eigenvalue weighted by molar-refractivity contribution is 6.04. The van der Waals surface area contributed by atoms with Gasteiger partial charge in [0.2, 0.25) is 0 Å². The third kappa shape index (κ3) is 4.97. The van der Waals surface area contributed by atoms with Gasteiger partial charge in [-0.1, -0.05) is 29.8 Å². The SMILES string of the molecule is CCOc1ccc([C@@H]2CC(c3cc(C)ccc3C)=NN2C(=O)CN2CCOCC2)cc1. The summed E-state index contributed by atoms with van der Waals surface area (Å²) in [6.45, 7) is 10.1. The average molecular weight is 422 g/mol. The maximum Gasteiger partial charge on any atom is 0.257 e. The second kappa shape index (κ2) is 9.62. The summed E-state index contributed by atoms with van der Waals surface area (Å²) in [4.78, 5) is 15.5. The van der Waals surface area contributed by atoms with Crippen LogP contribution in [0.15, 0.2) is 47.6 Å². The molecule has 0 saturated carbocycles. The molecule has 1 atom stereocenters. The van der Waals surface area contributed by atoms with Gasteiger partial charge in [0, 0.05) is 25.1 Å². The molecular weight excluding hydrogens is 390 g/mol. The monoisotopic (exact) mass is 421 g/mol. The van der Waals surface area contributed by atoms with Crippen LogP contribution in [0.5, 0.6) is 5.75 Å². The topological polar surface area (TPSA) is 54.4 Å². The second-order valence-electron chi connectivity index (χ2n) is 8.21. The van der Waals surface area contributed by atoms with E-state index in [9.17, 15) is 4.79 Å². The molecule has 2 aliphatic rings. The van der Waals surface area contributed by atoms with Gasteiger partial charge in [0.15, 0.2) is 0 Å². The minimum Gasteiger partial charge on any atom is -0.494 e. The summed E-state index contributed by atoms with van der Waals surface area (Å²) < 4.78 is 11.0. The number of benzene rings is 2. The minimum absolute atomic E-state index is 0.0288. The van der Waals surface area contributed by atoms with Crippen molar-refractivity contribution in [2.75, 3.05) is 39.5 Å². The van der Waals surface area contributed by atoms with E-state index in [1.165, 1.54) is 11.1 Å². The van der Waals surface area contributed by atoms with E-state index in [1.807, 2.05) is 31.2 Å². The molecule has 2 aromatic rings. The van der Waals surface area contributed by atoms with E-state index in [0.717, 1.165) is 35.7 Å². The lowest BCUT2D eigenvalue weighted by Gasteiger charge is -2.29. The quantitative estimate of drug-likeness (QED) is 0.714. The summed E-state index contributed by atoms with van der Waals surface area (Å²) >= 11 is 0. The van der Waals surface area contributed by atoms with Crippen molar-refractivity contribution in [2.45, 2.75) is 33.2 Å². The lowest BCUT2D eigenvalue weighted by Crippen LogP contribution is -2.43. The Bertz CT molecular complexity index is 949. The van der Waals surface area contributed by atoms with Crippen molar-refractivity contribution < 1.29 is 14.3 Å². The Kier molecular flexibility index (Phi) is 6.68. The summed E-state index contributed by atoms with van der Waals surface area (Å²) in [6.07, 6.45) is 0.702. The van der Waals surface area contributed by atoms with Gasteiger partial charge in [-0.15, -0.1) is 0 Å². The molecule has 6 heteroatoms. The molecule has 4 rings (SSSR count). The Morgan fingerprint density at radius 3 is 2.58 bits per heavy atom. The normalized spacial score (nSPS) is 19.4. The zero-order valence-corrected chi connectivity index (χ0v) is 18.6. The number of aryl methyl sites for hydroxylation is 2. The van der Waals surface area contributed by atoms with E-state index < -0.39 is 0 Å². The zero-order chi connectivity index (χ0) is 21.8. The highest BCUT2D eigenvalue weighted by Crippen LogP contribution is 2.34. The molecular formula is C25H31N3O3. The third-order valence-corrected chi connectivity index (χ3v) is 5.91. The Hall–Kier alpha value is -2.70. The van der Waals surface area contributed by atoms with Crippen LogP contribution in [-0.2, 0) is 9.53 Å². The average Bonchev–Trinajstić information content (AvgIpc) is 3.22. The van der Waals surface area contributed by atoms with Crippen LogP contribution < -0.4 is 4.74 Å². The number of hydrogen-bond acceptors (Lipinski definition) is 5. The van der Waals surface area contributed by atoms with Gasteiger partial charge < -0.3 is 9.47 Å². The lowest BCUT2D eigenvalue weighted by molar-refractivity contribution is -0.135. The Labute approximate surface area is 184 Å². The second-order valence-corrected chi connectivity index (χ2v) is 8.21. The minimum atomic E-state index is -0.112. The first-order valence-electron chi connectivity index (χ1n) is 11.0. The molecule has 164 valence electrons. The molecule has 0 aliphatic carbocycles. The Morgan fingerprint density at radius 1 is 1.13 bits per heavy atom. The first kappa shape index (κ1) is 21.5. The predicted octanol–water partition coefficient (Wildman–Crippen LogP) is 3.71. The van der Waals surface area contributed by atoms with Crippen molar-refractivity contribution in [3.8, 4) is 5.75 Å². The number of nitrogens with zero attached hydrogens (tertiary/aromatic N) is 3. The van der Waals surface area contributed by atoms with E-state index >= 15 is 0 Å². The van der Waals surface area contributed by atoms with E-state index in [0.29, 0.717) is 32.8 Å². The zero-order valence-electron chi connectivity index (χ0n) is 18.6. The lowest BCUT2D eigenvalue weighted by atomic mass is 9.95. The van der Waals surface area contributed by atoms with Crippen LogP contribution >= 0.6 is 0 Å². The molecule has 0 unspecified atom stereocenters. The molecule has 0 spiro atoms. The van der Waals surface area contributed by atoms with Crippen molar-refractivity contribution in [3.63, 3.8) is 0 Å². The number of carbonyl (C=O) groups excluding carboxylic acids is 1. The first-order chi connectivity index (χ1) is 15.0. The fourth-order valence-corrected chi connectivity index (χ4v) is 4.19. The number of morpholine rings is 1. The summed E-state index contributed by atoms with van der Waals surface area (Å²) in [5.41, 5.74) is 5.53. The van der Waals surface area contributed by atoms with E-state index in [1.54, 1.807) is 5.01 Å². The molecule has 0 aromatic heterocycles. The van der Waals surface area contributed by atoms with Gasteiger partial charge in [-0.05, 0) is 50.1 Å². The predicted molar refractivity (Wildman–Crippen MR) is 122 cm³/mol. The van der Waals surface area contributed by atoms with Crippen molar-refractivity contribution in [2.24, 2.45) is 5.10 Å². The molecule has 1 fully saturated rings. The van der Waals surface area contributed by atoms with Crippen LogP contribution in [0.25, 0.3) is 0 Å². The molecule has 0 N–H and O–H groups in total. The van der Waals surface area contributed by atoms with Crippen LogP contribution in [0.2, 0.25) is 0 Å². The van der Waals surface area contributed by atoms with E-state index in [2.05, 4.69) is 36.9 Å². The number of hydrazone groups is 1. The van der Waals surface area contributed by atoms with Crippen LogP contribution in [-0.4, -0.2) is 61.0 Å². The van der Waals surface area contributed by atoms with Crippen LogP contribution in [0.1, 0.15) is 41.6 Å². The molecule has 1 saturated heterocycles. The van der Waals surface area contributed by atoms with E-state index in [4.69, 9.17) is 14.6 Å². The summed E-state index contributed by atoms with van der Waals surface area (Å²) in [7, 11) is 0. The van der Waals surface area contributed by atoms with Crippen molar-refractivity contribution in [1.29, 1.82) is 0 Å². The van der Waals surface area contributed by atoms with Crippen LogP contribution in [0, 0.1) is 13.8 Å². The molecule has 1 amide bonds. The molecule has 0 bridgehead atoms. The van der Waals surface area contributed by atoms with E-state index in [-0.39, 0.29) is 11.9 Å². The fraction of sp³-hybridized carbons (Fsp3) is 0.440. The summed E-state index contributed by atoms with van der Waals surface area (Å²) in [6, 6.07) is 14.3. The van der Waals surface area contributed by atoms with Gasteiger partial charge in [0.25, 0.3) is 5.91 Å². The fourth-order valence-electron chi connectivity index (χ4n) is 4.19. The number of rotatable bonds is 6. The molecule has 0 radical (unpaired) electrons. The molecule has 2 heterocycles. The maximum atomic E-state index is 13.3. The maximum absolute atomic E-state index is 13.3. The van der Waals surface area contributed by atoms with Crippen LogP contribution in [0.3, 0.4) is 0 Å². The third-order valence-electron chi connectivity index (χ3n) is 5.91. The number of carbonyl (C=O) groups is 1. The van der Waals surface area contributed by atoms with Gasteiger partial charge in [0.1, 0.15) is 5.75 Å². The number of amides is 1. The standard InChI is InChI=1S/C25H31N3O3/c1-4-31-21-9-7-20(8-10-21)24-16-23(22-15-18(2)5-6-19(22)3)26-28(24)25(29)17-27-11-13-30-14-12-27/h5-10,15,24H,4,11-14,16-17H2,1-3H3/t24-/m0/s1. The molecule has 2 aliphatic heterocycles. The smallest absolute Gasteiger partial charge is 0.257 e. The Morgan fingerprint density at radius 2 is 1.87 bits per heavy atom. The van der Waals surface area contributed by atoms with Gasteiger partial charge in [-0.2, -0.15) is 5.10 Å². The van der Waals surface area contributed by atoms with Crippen molar-refractivity contribution in [1.82, 2.24) is 9.91 Å².